The van der Waals surface area contributed by atoms with Gasteiger partial charge in [0.1, 0.15) is 0 Å². The first-order valence-corrected chi connectivity index (χ1v) is 8.41. The Labute approximate surface area is 146 Å². The second-order valence-corrected chi connectivity index (χ2v) is 6.51. The topological polar surface area (TPSA) is 59.8 Å². The van der Waals surface area contributed by atoms with Crippen molar-refractivity contribution in [1.29, 1.82) is 0 Å². The number of nitrogens with two attached hydrogens (primary N) is 2. The summed E-state index contributed by atoms with van der Waals surface area (Å²) in [5.41, 5.74) is 18.6. The summed E-state index contributed by atoms with van der Waals surface area (Å²) in [5.74, 6) is 0. The quantitative estimate of drug-likeness (QED) is 0.555. The van der Waals surface area contributed by atoms with E-state index >= 15 is 0 Å². The first-order valence-electron chi connectivity index (χ1n) is 8.41. The molecule has 4 aromatic rings. The van der Waals surface area contributed by atoms with E-state index in [4.69, 9.17) is 11.5 Å². The zero-order valence-electron chi connectivity index (χ0n) is 14.5. The highest BCUT2D eigenvalue weighted by atomic mass is 15.2. The predicted molar refractivity (Wildman–Crippen MR) is 102 cm³/mol. The van der Waals surface area contributed by atoms with Crippen molar-refractivity contribution in [1.82, 2.24) is 0 Å². The van der Waals surface area contributed by atoms with E-state index in [9.17, 15) is 0 Å². The van der Waals surface area contributed by atoms with E-state index in [2.05, 4.69) is 59.4 Å². The number of nitrogen functional groups attached to an aromatic ring is 2. The van der Waals surface area contributed by atoms with E-state index in [0.29, 0.717) is 6.67 Å². The lowest BCUT2D eigenvalue weighted by molar-refractivity contribution is -0.894. The minimum atomic E-state index is 0.708. The number of rotatable bonds is 2. The molecule has 0 unspecified atom stereocenters. The van der Waals surface area contributed by atoms with Crippen LogP contribution >= 0.6 is 0 Å². The highest BCUT2D eigenvalue weighted by Crippen LogP contribution is 2.20. The Balaban J connectivity index is 1.99. The van der Waals surface area contributed by atoms with Crippen LogP contribution in [-0.4, -0.2) is 0 Å². The first-order chi connectivity index (χ1) is 12.1. The molecule has 2 aromatic carbocycles. The van der Waals surface area contributed by atoms with Crippen molar-refractivity contribution in [2.45, 2.75) is 20.5 Å². The van der Waals surface area contributed by atoms with Gasteiger partial charge < -0.3 is 11.5 Å². The van der Waals surface area contributed by atoms with Crippen molar-refractivity contribution in [3.63, 3.8) is 0 Å². The second kappa shape index (κ2) is 5.74. The molecule has 0 radical (unpaired) electrons. The fourth-order valence-electron chi connectivity index (χ4n) is 3.56. The molecule has 0 saturated carbocycles. The minimum Gasteiger partial charge on any atom is -0.398 e. The molecule has 0 spiro atoms. The van der Waals surface area contributed by atoms with Crippen LogP contribution in [0.3, 0.4) is 0 Å². The molecule has 4 nitrogen and oxygen atoms in total. The summed E-state index contributed by atoms with van der Waals surface area (Å²) in [4.78, 5) is 0. The number of hydrogen-bond donors (Lipinski definition) is 2. The maximum Gasteiger partial charge on any atom is 0.345 e. The third-order valence-corrected chi connectivity index (χ3v) is 4.87. The van der Waals surface area contributed by atoms with Crippen LogP contribution in [0.1, 0.15) is 11.4 Å². The summed E-state index contributed by atoms with van der Waals surface area (Å²) in [7, 11) is 0. The summed E-state index contributed by atoms with van der Waals surface area (Å²) < 4.78 is 4.59. The molecule has 4 N–H and O–H groups in total. The average Bonchev–Trinajstić information content (AvgIpc) is 2.61. The lowest BCUT2D eigenvalue weighted by Crippen LogP contribution is -2.55. The van der Waals surface area contributed by atoms with Crippen molar-refractivity contribution >= 4 is 33.2 Å². The van der Waals surface area contributed by atoms with Gasteiger partial charge in [-0.2, -0.15) is 0 Å². The number of aryl methyl sites for hydroxylation is 2. The molecule has 2 heterocycles. The summed E-state index contributed by atoms with van der Waals surface area (Å²) in [6, 6.07) is 20.6. The van der Waals surface area contributed by atoms with Gasteiger partial charge in [-0.1, -0.05) is 24.3 Å². The van der Waals surface area contributed by atoms with Crippen LogP contribution in [-0.2, 0) is 6.67 Å². The average molecular weight is 330 g/mol. The highest BCUT2D eigenvalue weighted by molar-refractivity contribution is 5.88. The van der Waals surface area contributed by atoms with Gasteiger partial charge in [-0.15, -0.1) is 9.13 Å². The molecule has 0 bridgehead atoms. The van der Waals surface area contributed by atoms with Crippen LogP contribution in [0.2, 0.25) is 0 Å². The van der Waals surface area contributed by atoms with Gasteiger partial charge in [-0.05, 0) is 12.1 Å². The summed E-state index contributed by atoms with van der Waals surface area (Å²) in [5, 5.41) is 2.15. The van der Waals surface area contributed by atoms with Gasteiger partial charge in [-0.3, -0.25) is 0 Å². The van der Waals surface area contributed by atoms with Gasteiger partial charge in [0.25, 0.3) is 0 Å². The van der Waals surface area contributed by atoms with Crippen LogP contribution in [0.4, 0.5) is 11.4 Å². The summed E-state index contributed by atoms with van der Waals surface area (Å²) in [6.45, 7) is 4.90. The van der Waals surface area contributed by atoms with Crippen molar-refractivity contribution in [2.75, 3.05) is 11.5 Å². The smallest absolute Gasteiger partial charge is 0.345 e. The number of para-hydroxylation sites is 2. The highest BCUT2D eigenvalue weighted by Gasteiger charge is 2.23. The Morgan fingerprint density at radius 2 is 1.08 bits per heavy atom. The number of anilines is 2. The SMILES string of the molecule is Cc1cc(N)c2ccccc2[n+]1C[n+]1c(C)cc(N)c2ccccc21. The molecular formula is C21H22N4+2. The Hall–Kier alpha value is -3.14. The molecular weight excluding hydrogens is 308 g/mol. The zero-order valence-corrected chi connectivity index (χ0v) is 14.5. The summed E-state index contributed by atoms with van der Waals surface area (Å²) >= 11 is 0. The molecule has 4 rings (SSSR count). The third-order valence-electron chi connectivity index (χ3n) is 4.87. The molecule has 0 saturated heterocycles. The maximum atomic E-state index is 6.22. The van der Waals surface area contributed by atoms with E-state index < -0.39 is 0 Å². The van der Waals surface area contributed by atoms with Crippen LogP contribution in [0.15, 0.2) is 60.7 Å². The van der Waals surface area contributed by atoms with Gasteiger partial charge in [0.15, 0.2) is 11.4 Å². The van der Waals surface area contributed by atoms with Gasteiger partial charge in [0.2, 0.25) is 11.0 Å². The maximum absolute atomic E-state index is 6.22. The van der Waals surface area contributed by atoms with Gasteiger partial charge >= 0.3 is 6.67 Å². The first kappa shape index (κ1) is 15.4. The second-order valence-electron chi connectivity index (χ2n) is 6.51. The number of benzene rings is 2. The summed E-state index contributed by atoms with van der Waals surface area (Å²) in [6.07, 6.45) is 0. The molecule has 2 aromatic heterocycles. The van der Waals surface area contributed by atoms with E-state index in [1.54, 1.807) is 0 Å². The molecule has 0 aliphatic heterocycles. The largest absolute Gasteiger partial charge is 0.398 e. The lowest BCUT2D eigenvalue weighted by atomic mass is 10.1. The molecule has 0 aliphatic rings. The van der Waals surface area contributed by atoms with E-state index in [1.165, 1.54) is 0 Å². The van der Waals surface area contributed by atoms with E-state index in [-0.39, 0.29) is 0 Å². The van der Waals surface area contributed by atoms with E-state index in [0.717, 1.165) is 44.6 Å². The standard InChI is InChI=1S/C21H20N4/c1-14-11-18(22)16-7-3-5-9-20(16)24(14)13-25-15(2)12-19(23)17-8-4-6-10-21(17)25/h3-12,22-23H,13H2,1-2H3/p+2. The van der Waals surface area contributed by atoms with Crippen LogP contribution in [0.25, 0.3) is 21.8 Å². The van der Waals surface area contributed by atoms with E-state index in [1.807, 2.05) is 24.3 Å². The number of nitrogens with zero attached hydrogens (tertiary/aromatic N) is 2. The molecule has 0 fully saturated rings. The molecule has 124 valence electrons. The third kappa shape index (κ3) is 2.47. The Morgan fingerprint density at radius 1 is 0.680 bits per heavy atom. The fourth-order valence-corrected chi connectivity index (χ4v) is 3.56. The number of aromatic nitrogens is 2. The van der Waals surface area contributed by atoms with Gasteiger partial charge in [0, 0.05) is 38.1 Å². The Bertz CT molecular complexity index is 1030. The molecule has 25 heavy (non-hydrogen) atoms. The molecule has 0 amide bonds. The Morgan fingerprint density at radius 3 is 1.52 bits per heavy atom. The van der Waals surface area contributed by atoms with Crippen molar-refractivity contribution in [3.8, 4) is 0 Å². The van der Waals surface area contributed by atoms with Crippen molar-refractivity contribution in [3.05, 3.63) is 72.1 Å². The van der Waals surface area contributed by atoms with Crippen molar-refractivity contribution in [2.24, 2.45) is 0 Å². The monoisotopic (exact) mass is 330 g/mol. The minimum absolute atomic E-state index is 0.708. The predicted octanol–water partition coefficient (Wildman–Crippen LogP) is 2.86. The Kier molecular flexibility index (Phi) is 3.53. The van der Waals surface area contributed by atoms with Crippen molar-refractivity contribution < 1.29 is 9.13 Å². The van der Waals surface area contributed by atoms with Crippen LogP contribution < -0.4 is 20.6 Å². The van der Waals surface area contributed by atoms with Gasteiger partial charge in [-0.25, -0.2) is 0 Å². The fraction of sp³-hybridized carbons (Fsp3) is 0.143. The normalized spacial score (nSPS) is 11.3. The number of hydrogen-bond acceptors (Lipinski definition) is 2. The lowest BCUT2D eigenvalue weighted by Gasteiger charge is -2.08. The molecule has 0 aliphatic carbocycles. The van der Waals surface area contributed by atoms with Crippen LogP contribution in [0, 0.1) is 13.8 Å². The van der Waals surface area contributed by atoms with Gasteiger partial charge in [0.05, 0.1) is 22.1 Å². The molecule has 0 atom stereocenters. The number of fused-ring (bicyclic) bond motifs is 2. The zero-order chi connectivity index (χ0) is 17.6. The number of pyridine rings is 2. The van der Waals surface area contributed by atoms with Crippen LogP contribution in [0.5, 0.6) is 0 Å². The molecule has 4 heteroatoms.